The summed E-state index contributed by atoms with van der Waals surface area (Å²) < 4.78 is 18.5. The average Bonchev–Trinajstić information content (AvgIpc) is 2.76. The summed E-state index contributed by atoms with van der Waals surface area (Å²) >= 11 is 3.28. The van der Waals surface area contributed by atoms with Gasteiger partial charge in [0.25, 0.3) is 0 Å². The molecule has 0 aliphatic rings. The number of Topliss-reactive ketones (excluding diaryl/α,β-unsaturated/α-hetero) is 1. The Kier molecular flexibility index (Phi) is 3.19. The van der Waals surface area contributed by atoms with Crippen LogP contribution in [0.3, 0.4) is 0 Å². The average molecular weight is 283 g/mol. The SMILES string of the molecule is O=C(Cc1cc(F)ccc1Br)c1ccoc1. The van der Waals surface area contributed by atoms with Crippen LogP contribution in [0.5, 0.6) is 0 Å². The summed E-state index contributed by atoms with van der Waals surface area (Å²) in [6.07, 6.45) is 2.97. The van der Waals surface area contributed by atoms with Gasteiger partial charge in [0.2, 0.25) is 0 Å². The van der Waals surface area contributed by atoms with Crippen LogP contribution >= 0.6 is 15.9 Å². The van der Waals surface area contributed by atoms with E-state index in [4.69, 9.17) is 4.42 Å². The number of hydrogen-bond acceptors (Lipinski definition) is 2. The maximum atomic E-state index is 13.0. The van der Waals surface area contributed by atoms with Gasteiger partial charge in [-0.2, -0.15) is 0 Å². The van der Waals surface area contributed by atoms with E-state index in [1.54, 1.807) is 12.1 Å². The first kappa shape index (κ1) is 11.1. The quantitative estimate of drug-likeness (QED) is 0.805. The number of benzene rings is 1. The molecule has 0 saturated heterocycles. The molecule has 0 bridgehead atoms. The summed E-state index contributed by atoms with van der Waals surface area (Å²) in [5, 5.41) is 0. The monoisotopic (exact) mass is 282 g/mol. The van der Waals surface area contributed by atoms with Crippen molar-refractivity contribution in [1.82, 2.24) is 0 Å². The number of halogens is 2. The summed E-state index contributed by atoms with van der Waals surface area (Å²) in [6.45, 7) is 0. The van der Waals surface area contributed by atoms with Crippen LogP contribution in [0.25, 0.3) is 0 Å². The molecule has 0 saturated carbocycles. The number of furan rings is 1. The van der Waals surface area contributed by atoms with E-state index in [0.717, 1.165) is 4.47 Å². The van der Waals surface area contributed by atoms with E-state index < -0.39 is 0 Å². The molecule has 82 valence electrons. The number of rotatable bonds is 3. The highest BCUT2D eigenvalue weighted by molar-refractivity contribution is 9.10. The van der Waals surface area contributed by atoms with Crippen LogP contribution in [0.1, 0.15) is 15.9 Å². The van der Waals surface area contributed by atoms with E-state index in [-0.39, 0.29) is 18.0 Å². The number of carbonyl (C=O) groups excluding carboxylic acids is 1. The molecule has 2 aromatic rings. The molecular weight excluding hydrogens is 275 g/mol. The Hall–Kier alpha value is -1.42. The van der Waals surface area contributed by atoms with Gasteiger partial charge in [-0.15, -0.1) is 0 Å². The molecule has 4 heteroatoms. The Morgan fingerprint density at radius 3 is 2.88 bits per heavy atom. The maximum absolute atomic E-state index is 13.0. The highest BCUT2D eigenvalue weighted by atomic mass is 79.9. The van der Waals surface area contributed by atoms with Crippen LogP contribution in [0.2, 0.25) is 0 Å². The van der Waals surface area contributed by atoms with Crippen molar-refractivity contribution in [3.05, 3.63) is 58.2 Å². The standard InChI is InChI=1S/C12H8BrFO2/c13-11-2-1-10(14)5-9(11)6-12(15)8-3-4-16-7-8/h1-5,7H,6H2. The summed E-state index contributed by atoms with van der Waals surface area (Å²) in [5.74, 6) is -0.446. The minimum absolute atomic E-state index is 0.0972. The van der Waals surface area contributed by atoms with Gasteiger partial charge in [-0.3, -0.25) is 4.79 Å². The normalized spacial score (nSPS) is 10.4. The number of carbonyl (C=O) groups is 1. The molecule has 2 rings (SSSR count). The fourth-order valence-electron chi connectivity index (χ4n) is 1.38. The Morgan fingerprint density at radius 1 is 1.38 bits per heavy atom. The molecule has 0 spiro atoms. The van der Waals surface area contributed by atoms with Gasteiger partial charge in [0.15, 0.2) is 5.78 Å². The van der Waals surface area contributed by atoms with Crippen molar-refractivity contribution >= 4 is 21.7 Å². The lowest BCUT2D eigenvalue weighted by molar-refractivity contribution is 0.0992. The fourth-order valence-corrected chi connectivity index (χ4v) is 1.76. The number of ketones is 1. The smallest absolute Gasteiger partial charge is 0.170 e. The Bertz CT molecular complexity index is 506. The lowest BCUT2D eigenvalue weighted by atomic mass is 10.1. The zero-order valence-electron chi connectivity index (χ0n) is 8.24. The summed E-state index contributed by atoms with van der Waals surface area (Å²) in [7, 11) is 0. The third-order valence-corrected chi connectivity index (χ3v) is 2.98. The molecule has 0 fully saturated rings. The van der Waals surface area contributed by atoms with Crippen LogP contribution in [-0.2, 0) is 6.42 Å². The predicted octanol–water partition coefficient (Wildman–Crippen LogP) is 3.61. The molecule has 0 N–H and O–H groups in total. The third kappa shape index (κ3) is 2.39. The van der Waals surface area contributed by atoms with E-state index in [2.05, 4.69) is 15.9 Å². The molecule has 1 heterocycles. The van der Waals surface area contributed by atoms with Crippen molar-refractivity contribution < 1.29 is 13.6 Å². The molecule has 0 aliphatic heterocycles. The first-order chi connectivity index (χ1) is 7.66. The van der Waals surface area contributed by atoms with Gasteiger partial charge < -0.3 is 4.42 Å². The Morgan fingerprint density at radius 2 is 2.19 bits per heavy atom. The maximum Gasteiger partial charge on any atom is 0.170 e. The Labute approximate surface area is 100 Å². The molecule has 1 aromatic carbocycles. The van der Waals surface area contributed by atoms with Crippen molar-refractivity contribution in [2.24, 2.45) is 0 Å². The predicted molar refractivity (Wildman–Crippen MR) is 60.8 cm³/mol. The summed E-state index contributed by atoms with van der Waals surface area (Å²) in [5.41, 5.74) is 1.13. The second kappa shape index (κ2) is 4.61. The highest BCUT2D eigenvalue weighted by Crippen LogP contribution is 2.19. The molecule has 0 aliphatic carbocycles. The van der Waals surface area contributed by atoms with E-state index in [1.165, 1.54) is 24.7 Å². The summed E-state index contributed by atoms with van der Waals surface area (Å²) in [4.78, 5) is 11.7. The topological polar surface area (TPSA) is 30.2 Å². The largest absolute Gasteiger partial charge is 0.472 e. The highest BCUT2D eigenvalue weighted by Gasteiger charge is 2.11. The first-order valence-corrected chi connectivity index (χ1v) is 5.45. The van der Waals surface area contributed by atoms with Gasteiger partial charge in [0.1, 0.15) is 12.1 Å². The van der Waals surface area contributed by atoms with Gasteiger partial charge in [0.05, 0.1) is 11.8 Å². The zero-order valence-corrected chi connectivity index (χ0v) is 9.83. The molecule has 0 amide bonds. The lowest BCUT2D eigenvalue weighted by Crippen LogP contribution is -2.03. The van der Waals surface area contributed by atoms with Gasteiger partial charge in [-0.05, 0) is 29.8 Å². The molecule has 0 unspecified atom stereocenters. The fraction of sp³-hybridized carbons (Fsp3) is 0.0833. The summed E-state index contributed by atoms with van der Waals surface area (Å²) in [6, 6.07) is 5.88. The first-order valence-electron chi connectivity index (χ1n) is 4.66. The second-order valence-electron chi connectivity index (χ2n) is 3.35. The lowest BCUT2D eigenvalue weighted by Gasteiger charge is -2.02. The van der Waals surface area contributed by atoms with Crippen LogP contribution in [-0.4, -0.2) is 5.78 Å². The minimum atomic E-state index is -0.349. The van der Waals surface area contributed by atoms with Crippen LogP contribution in [0.4, 0.5) is 4.39 Å². The van der Waals surface area contributed by atoms with Crippen molar-refractivity contribution in [2.75, 3.05) is 0 Å². The van der Waals surface area contributed by atoms with Gasteiger partial charge in [0, 0.05) is 10.9 Å². The van der Waals surface area contributed by atoms with Crippen LogP contribution < -0.4 is 0 Å². The van der Waals surface area contributed by atoms with Crippen molar-refractivity contribution in [1.29, 1.82) is 0 Å². The second-order valence-corrected chi connectivity index (χ2v) is 4.20. The zero-order chi connectivity index (χ0) is 11.5. The van der Waals surface area contributed by atoms with E-state index in [1.807, 2.05) is 0 Å². The minimum Gasteiger partial charge on any atom is -0.472 e. The van der Waals surface area contributed by atoms with Gasteiger partial charge in [-0.25, -0.2) is 4.39 Å². The molecule has 0 radical (unpaired) electrons. The Balaban J connectivity index is 2.21. The van der Waals surface area contributed by atoms with E-state index >= 15 is 0 Å². The van der Waals surface area contributed by atoms with Crippen molar-refractivity contribution in [3.63, 3.8) is 0 Å². The van der Waals surface area contributed by atoms with Gasteiger partial charge >= 0.3 is 0 Å². The molecule has 0 atom stereocenters. The molecule has 1 aromatic heterocycles. The molecular formula is C12H8BrFO2. The van der Waals surface area contributed by atoms with Crippen molar-refractivity contribution in [2.45, 2.75) is 6.42 Å². The molecule has 2 nitrogen and oxygen atoms in total. The van der Waals surface area contributed by atoms with Gasteiger partial charge in [-0.1, -0.05) is 15.9 Å². The van der Waals surface area contributed by atoms with E-state index in [9.17, 15) is 9.18 Å². The number of hydrogen-bond donors (Lipinski definition) is 0. The van der Waals surface area contributed by atoms with Crippen molar-refractivity contribution in [3.8, 4) is 0 Å². The van der Waals surface area contributed by atoms with Crippen LogP contribution in [0.15, 0.2) is 45.7 Å². The molecule has 16 heavy (non-hydrogen) atoms. The third-order valence-electron chi connectivity index (χ3n) is 2.20. The van der Waals surface area contributed by atoms with E-state index in [0.29, 0.717) is 11.1 Å². The van der Waals surface area contributed by atoms with Crippen LogP contribution in [0, 0.1) is 5.82 Å².